The smallest absolute Gasteiger partial charge is 0.238 e. The maximum Gasteiger partial charge on any atom is 0.238 e. The molecule has 6 nitrogen and oxygen atoms in total. The Morgan fingerprint density at radius 3 is 2.72 bits per heavy atom. The van der Waals surface area contributed by atoms with E-state index in [0.29, 0.717) is 19.5 Å². The van der Waals surface area contributed by atoms with Crippen molar-refractivity contribution in [1.82, 2.24) is 19.7 Å². The number of fused-ring (bicyclic) bond motifs is 1. The maximum absolute atomic E-state index is 12.6. The van der Waals surface area contributed by atoms with Crippen molar-refractivity contribution < 1.29 is 9.59 Å². The fraction of sp³-hybridized carbons (Fsp3) is 0.474. The van der Waals surface area contributed by atoms with E-state index in [4.69, 9.17) is 0 Å². The predicted octanol–water partition coefficient (Wildman–Crippen LogP) is 1.000. The molecule has 1 atom stereocenters. The van der Waals surface area contributed by atoms with Gasteiger partial charge in [0, 0.05) is 57.3 Å². The minimum absolute atomic E-state index is 0.0333. The summed E-state index contributed by atoms with van der Waals surface area (Å²) in [6.07, 6.45) is 3.30. The first kappa shape index (κ1) is 17.5. The van der Waals surface area contributed by atoms with Gasteiger partial charge < -0.3 is 14.8 Å². The van der Waals surface area contributed by atoms with Gasteiger partial charge in [-0.05, 0) is 25.1 Å². The van der Waals surface area contributed by atoms with Crippen LogP contribution in [0.4, 0.5) is 0 Å². The van der Waals surface area contributed by atoms with Gasteiger partial charge in [-0.3, -0.25) is 14.5 Å². The van der Waals surface area contributed by atoms with Crippen LogP contribution in [0.15, 0.2) is 30.5 Å². The molecule has 0 radical (unpaired) electrons. The van der Waals surface area contributed by atoms with Crippen LogP contribution >= 0.6 is 0 Å². The number of nitrogens with one attached hydrogen (secondary N) is 1. The zero-order chi connectivity index (χ0) is 18.0. The predicted molar refractivity (Wildman–Crippen MR) is 98.3 cm³/mol. The first-order chi connectivity index (χ1) is 12.0. The third-order valence-corrected chi connectivity index (χ3v) is 5.14. The Labute approximate surface area is 148 Å². The number of aryl methyl sites for hydroxylation is 2. The van der Waals surface area contributed by atoms with E-state index in [1.54, 1.807) is 7.05 Å². The number of carbonyl (C=O) groups is 2. The van der Waals surface area contributed by atoms with E-state index in [0.717, 1.165) is 13.0 Å². The number of benzene rings is 1. The van der Waals surface area contributed by atoms with Crippen molar-refractivity contribution in [2.75, 3.05) is 33.7 Å². The number of piperazine rings is 1. The average Bonchev–Trinajstić information content (AvgIpc) is 2.96. The lowest BCUT2D eigenvalue weighted by atomic mass is 10.1. The van der Waals surface area contributed by atoms with Crippen LogP contribution in [-0.2, 0) is 23.1 Å². The molecule has 6 heteroatoms. The van der Waals surface area contributed by atoms with Crippen LogP contribution in [0.2, 0.25) is 0 Å². The Kier molecular flexibility index (Phi) is 5.08. The third-order valence-electron chi connectivity index (χ3n) is 5.14. The second-order valence-corrected chi connectivity index (χ2v) is 6.73. The number of amides is 2. The molecule has 0 bridgehead atoms. The van der Waals surface area contributed by atoms with Gasteiger partial charge in [-0.1, -0.05) is 18.2 Å². The Morgan fingerprint density at radius 1 is 1.20 bits per heavy atom. The molecular weight excluding hydrogens is 316 g/mol. The zero-order valence-electron chi connectivity index (χ0n) is 15.2. The highest BCUT2D eigenvalue weighted by atomic mass is 16.2. The van der Waals surface area contributed by atoms with Gasteiger partial charge in [0.2, 0.25) is 11.8 Å². The highest BCUT2D eigenvalue weighted by molar-refractivity contribution is 5.86. The molecule has 1 aromatic carbocycles. The van der Waals surface area contributed by atoms with Crippen LogP contribution in [0.25, 0.3) is 10.9 Å². The number of hydrogen-bond acceptors (Lipinski definition) is 3. The third kappa shape index (κ3) is 3.54. The van der Waals surface area contributed by atoms with Crippen molar-refractivity contribution in [3.63, 3.8) is 0 Å². The van der Waals surface area contributed by atoms with Gasteiger partial charge in [0.25, 0.3) is 0 Å². The molecule has 3 rings (SSSR count). The Balaban J connectivity index is 1.65. The van der Waals surface area contributed by atoms with Gasteiger partial charge in [0.15, 0.2) is 0 Å². The van der Waals surface area contributed by atoms with Crippen molar-refractivity contribution in [2.24, 2.45) is 7.05 Å². The highest BCUT2D eigenvalue weighted by Gasteiger charge is 2.31. The van der Waals surface area contributed by atoms with Crippen molar-refractivity contribution in [1.29, 1.82) is 0 Å². The lowest BCUT2D eigenvalue weighted by molar-refractivity contribution is -0.137. The van der Waals surface area contributed by atoms with E-state index in [-0.39, 0.29) is 17.9 Å². The largest absolute Gasteiger partial charge is 0.358 e. The van der Waals surface area contributed by atoms with Gasteiger partial charge >= 0.3 is 0 Å². The molecule has 25 heavy (non-hydrogen) atoms. The normalized spacial score (nSPS) is 18.5. The van der Waals surface area contributed by atoms with Crippen molar-refractivity contribution in [2.45, 2.75) is 18.9 Å². The van der Waals surface area contributed by atoms with E-state index < -0.39 is 0 Å². The number of aromatic nitrogens is 1. The molecule has 2 heterocycles. The summed E-state index contributed by atoms with van der Waals surface area (Å²) in [5, 5.41) is 3.89. The number of nitrogens with zero attached hydrogens (tertiary/aromatic N) is 3. The lowest BCUT2D eigenvalue weighted by Gasteiger charge is -2.38. The summed E-state index contributed by atoms with van der Waals surface area (Å²) < 4.78 is 2.10. The van der Waals surface area contributed by atoms with E-state index in [2.05, 4.69) is 28.2 Å². The minimum Gasteiger partial charge on any atom is -0.358 e. The zero-order valence-corrected chi connectivity index (χ0v) is 15.2. The SMILES string of the molecule is CNC(=O)C1CN(C(=O)CCc2cn(C)c3ccccc23)CCN1C. The molecule has 0 saturated carbocycles. The average molecular weight is 342 g/mol. The molecule has 0 aliphatic carbocycles. The van der Waals surface area contributed by atoms with Crippen molar-refractivity contribution in [3.05, 3.63) is 36.0 Å². The van der Waals surface area contributed by atoms with Crippen LogP contribution in [0, 0.1) is 0 Å². The van der Waals surface area contributed by atoms with Crippen molar-refractivity contribution in [3.8, 4) is 0 Å². The molecule has 1 saturated heterocycles. The molecule has 134 valence electrons. The second-order valence-electron chi connectivity index (χ2n) is 6.73. The van der Waals surface area contributed by atoms with Gasteiger partial charge in [-0.15, -0.1) is 0 Å². The number of hydrogen-bond donors (Lipinski definition) is 1. The second kappa shape index (κ2) is 7.27. The summed E-state index contributed by atoms with van der Waals surface area (Å²) in [6, 6.07) is 7.99. The number of carbonyl (C=O) groups excluding carboxylic acids is 2. The summed E-state index contributed by atoms with van der Waals surface area (Å²) in [4.78, 5) is 28.5. The maximum atomic E-state index is 12.6. The van der Waals surface area contributed by atoms with Crippen molar-refractivity contribution >= 4 is 22.7 Å². The quantitative estimate of drug-likeness (QED) is 0.902. The summed E-state index contributed by atoms with van der Waals surface area (Å²) >= 11 is 0. The standard InChI is InChI=1S/C19H26N4O2/c1-20-19(25)17-13-23(11-10-21(17)2)18(24)9-8-14-12-22(3)16-7-5-4-6-15(14)16/h4-7,12,17H,8-11,13H2,1-3H3,(H,20,25). The lowest BCUT2D eigenvalue weighted by Crippen LogP contribution is -2.58. The molecule has 1 aromatic heterocycles. The number of para-hydroxylation sites is 1. The molecule has 1 fully saturated rings. The molecular formula is C19H26N4O2. The first-order valence-corrected chi connectivity index (χ1v) is 8.74. The molecule has 0 spiro atoms. The van der Waals surface area contributed by atoms with Gasteiger partial charge in [0.05, 0.1) is 0 Å². The fourth-order valence-electron chi connectivity index (χ4n) is 3.57. The summed E-state index contributed by atoms with van der Waals surface area (Å²) in [5.41, 5.74) is 2.38. The Bertz CT molecular complexity index is 783. The van der Waals surface area contributed by atoms with Gasteiger partial charge in [-0.25, -0.2) is 0 Å². The highest BCUT2D eigenvalue weighted by Crippen LogP contribution is 2.22. The molecule has 1 unspecified atom stereocenters. The van der Waals surface area contributed by atoms with Gasteiger partial charge in [-0.2, -0.15) is 0 Å². The fourth-order valence-corrected chi connectivity index (χ4v) is 3.57. The van der Waals surface area contributed by atoms with Crippen LogP contribution in [0.5, 0.6) is 0 Å². The topological polar surface area (TPSA) is 57.6 Å². The van der Waals surface area contributed by atoms with Crippen LogP contribution in [-0.4, -0.2) is 66.0 Å². The number of rotatable bonds is 4. The van der Waals surface area contributed by atoms with E-state index in [1.165, 1.54) is 16.5 Å². The number of likely N-dealkylation sites (N-methyl/N-ethyl adjacent to an activating group) is 2. The van der Waals surface area contributed by atoms with Gasteiger partial charge in [0.1, 0.15) is 6.04 Å². The molecule has 2 aromatic rings. The van der Waals surface area contributed by atoms with Crippen LogP contribution in [0.1, 0.15) is 12.0 Å². The van der Waals surface area contributed by atoms with Crippen LogP contribution < -0.4 is 5.32 Å². The monoisotopic (exact) mass is 342 g/mol. The molecule has 2 amide bonds. The minimum atomic E-state index is -0.264. The van der Waals surface area contributed by atoms with E-state index in [1.807, 2.05) is 36.0 Å². The molecule has 1 N–H and O–H groups in total. The van der Waals surface area contributed by atoms with Crippen LogP contribution in [0.3, 0.4) is 0 Å². The van der Waals surface area contributed by atoms with E-state index >= 15 is 0 Å². The Morgan fingerprint density at radius 2 is 1.96 bits per heavy atom. The van der Waals surface area contributed by atoms with E-state index in [9.17, 15) is 9.59 Å². The molecule has 1 aliphatic rings. The Hall–Kier alpha value is -2.34. The molecule has 1 aliphatic heterocycles. The summed E-state index contributed by atoms with van der Waals surface area (Å²) in [5.74, 6) is 0.0870. The summed E-state index contributed by atoms with van der Waals surface area (Å²) in [7, 11) is 5.59. The summed E-state index contributed by atoms with van der Waals surface area (Å²) in [6.45, 7) is 1.86. The first-order valence-electron chi connectivity index (χ1n) is 8.74.